The van der Waals surface area contributed by atoms with E-state index >= 15 is 0 Å². The Morgan fingerprint density at radius 2 is 2.18 bits per heavy atom. The van der Waals surface area contributed by atoms with Gasteiger partial charge in [-0.2, -0.15) is 0 Å². The van der Waals surface area contributed by atoms with E-state index in [0.717, 1.165) is 30.7 Å². The van der Waals surface area contributed by atoms with Gasteiger partial charge in [-0.15, -0.1) is 16.4 Å². The average Bonchev–Trinajstić information content (AvgIpc) is 3.20. The van der Waals surface area contributed by atoms with Gasteiger partial charge in [0.1, 0.15) is 11.6 Å². The predicted molar refractivity (Wildman–Crippen MR) is 77.4 cm³/mol. The van der Waals surface area contributed by atoms with Crippen LogP contribution >= 0.6 is 11.3 Å². The summed E-state index contributed by atoms with van der Waals surface area (Å²) in [5, 5.41) is 21.8. The minimum atomic E-state index is -1.17. The molecule has 2 N–H and O–H groups in total. The van der Waals surface area contributed by atoms with Crippen molar-refractivity contribution >= 4 is 23.2 Å². The van der Waals surface area contributed by atoms with E-state index in [1.54, 1.807) is 6.20 Å². The third kappa shape index (κ3) is 2.84. The lowest BCUT2D eigenvalue weighted by atomic mass is 9.98. The molecule has 0 spiro atoms. The number of amides is 1. The monoisotopic (exact) mass is 321 g/mol. The van der Waals surface area contributed by atoms with Crippen molar-refractivity contribution < 1.29 is 14.7 Å². The predicted octanol–water partition coefficient (Wildman–Crippen LogP) is 1.02. The maximum Gasteiger partial charge on any atom is 0.358 e. The van der Waals surface area contributed by atoms with Gasteiger partial charge in [0.05, 0.1) is 11.7 Å². The van der Waals surface area contributed by atoms with Gasteiger partial charge in [-0.25, -0.2) is 14.5 Å². The van der Waals surface area contributed by atoms with Crippen molar-refractivity contribution in [2.24, 2.45) is 0 Å². The summed E-state index contributed by atoms with van der Waals surface area (Å²) < 4.78 is 1.23. The molecule has 0 unspecified atom stereocenters. The molecule has 22 heavy (non-hydrogen) atoms. The van der Waals surface area contributed by atoms with E-state index in [0.29, 0.717) is 0 Å². The number of aromatic carboxylic acids is 1. The smallest absolute Gasteiger partial charge is 0.358 e. The third-order valence-electron chi connectivity index (χ3n) is 3.74. The van der Waals surface area contributed by atoms with Crippen molar-refractivity contribution in [3.63, 3.8) is 0 Å². The van der Waals surface area contributed by atoms with E-state index in [2.05, 4.69) is 20.6 Å². The third-order valence-corrected chi connectivity index (χ3v) is 4.72. The van der Waals surface area contributed by atoms with Crippen LogP contribution in [0.1, 0.15) is 41.2 Å². The van der Waals surface area contributed by atoms with Crippen LogP contribution in [0.2, 0.25) is 0 Å². The van der Waals surface area contributed by atoms with Crippen molar-refractivity contribution in [3.8, 4) is 0 Å². The molecule has 8 nitrogen and oxygen atoms in total. The van der Waals surface area contributed by atoms with E-state index in [9.17, 15) is 9.59 Å². The summed E-state index contributed by atoms with van der Waals surface area (Å²) in [6, 6.07) is 0. The van der Waals surface area contributed by atoms with Crippen molar-refractivity contribution in [1.29, 1.82) is 0 Å². The first-order valence-electron chi connectivity index (χ1n) is 6.93. The first kappa shape index (κ1) is 14.6. The summed E-state index contributed by atoms with van der Waals surface area (Å²) in [4.78, 5) is 27.4. The summed E-state index contributed by atoms with van der Waals surface area (Å²) in [5.41, 5.74) is -0.579. The van der Waals surface area contributed by atoms with Crippen molar-refractivity contribution in [3.05, 3.63) is 28.5 Å². The molecule has 0 aromatic carbocycles. The Balaban J connectivity index is 1.70. The highest BCUT2D eigenvalue weighted by Gasteiger charge is 2.39. The van der Waals surface area contributed by atoms with Gasteiger partial charge in [-0.3, -0.25) is 4.79 Å². The number of hydrogen-bond acceptors (Lipinski definition) is 6. The molecular formula is C13H15N5O3S. The Morgan fingerprint density at radius 3 is 2.77 bits per heavy atom. The first-order valence-corrected chi connectivity index (χ1v) is 7.81. The number of aromatic nitrogens is 4. The first-order chi connectivity index (χ1) is 10.6. The molecule has 1 amide bonds. The molecule has 2 aromatic heterocycles. The average molecular weight is 321 g/mol. The number of carboxylic acids is 1. The van der Waals surface area contributed by atoms with Gasteiger partial charge in [0.15, 0.2) is 5.69 Å². The van der Waals surface area contributed by atoms with Crippen LogP contribution in [0.4, 0.5) is 0 Å². The van der Waals surface area contributed by atoms with Crippen LogP contribution in [-0.2, 0) is 16.9 Å². The number of nitrogens with one attached hydrogen (secondary N) is 1. The molecule has 0 atom stereocenters. The summed E-state index contributed by atoms with van der Waals surface area (Å²) in [6.07, 6.45) is 6.81. The van der Waals surface area contributed by atoms with Gasteiger partial charge in [0.25, 0.3) is 0 Å². The van der Waals surface area contributed by atoms with E-state index in [4.69, 9.17) is 5.11 Å². The Kier molecular flexibility index (Phi) is 3.88. The van der Waals surface area contributed by atoms with Gasteiger partial charge in [0.2, 0.25) is 5.91 Å². The summed E-state index contributed by atoms with van der Waals surface area (Å²) in [6.45, 7) is -0.0621. The second-order valence-corrected chi connectivity index (χ2v) is 6.18. The maximum absolute atomic E-state index is 12.3. The number of carbonyl (C=O) groups is 2. The summed E-state index contributed by atoms with van der Waals surface area (Å²) in [7, 11) is 0. The standard InChI is InChI=1S/C13H15N5O3S/c19-10(8-18-7-9(11(20)21)16-17-18)15-13(3-1-2-4-13)12-14-5-6-22-12/h5-7H,1-4,8H2,(H,15,19)(H,20,21). The minimum absolute atomic E-state index is 0.0621. The number of hydrogen-bond donors (Lipinski definition) is 2. The Hall–Kier alpha value is -2.29. The molecule has 0 saturated heterocycles. The zero-order valence-electron chi connectivity index (χ0n) is 11.7. The van der Waals surface area contributed by atoms with E-state index in [-0.39, 0.29) is 18.1 Å². The highest BCUT2D eigenvalue weighted by molar-refractivity contribution is 7.09. The highest BCUT2D eigenvalue weighted by Crippen LogP contribution is 2.39. The fraction of sp³-hybridized carbons (Fsp3) is 0.462. The number of nitrogens with zero attached hydrogens (tertiary/aromatic N) is 4. The number of carbonyl (C=O) groups excluding carboxylic acids is 1. The van der Waals surface area contributed by atoms with Crippen LogP contribution in [0.5, 0.6) is 0 Å². The Bertz CT molecular complexity index is 676. The van der Waals surface area contributed by atoms with Crippen LogP contribution in [0, 0.1) is 0 Å². The van der Waals surface area contributed by atoms with Gasteiger partial charge in [-0.05, 0) is 12.8 Å². The van der Waals surface area contributed by atoms with Crippen molar-refractivity contribution in [1.82, 2.24) is 25.3 Å². The van der Waals surface area contributed by atoms with Gasteiger partial charge in [0, 0.05) is 11.6 Å². The molecule has 0 aliphatic heterocycles. The lowest BCUT2D eigenvalue weighted by Gasteiger charge is -2.28. The largest absolute Gasteiger partial charge is 0.476 e. The van der Waals surface area contributed by atoms with E-state index in [1.165, 1.54) is 22.2 Å². The number of carboxylic acid groups (broad SMARTS) is 1. The fourth-order valence-corrected chi connectivity index (χ4v) is 3.61. The molecule has 2 aromatic rings. The van der Waals surface area contributed by atoms with Crippen LogP contribution in [-0.4, -0.2) is 37.0 Å². The van der Waals surface area contributed by atoms with Gasteiger partial charge >= 0.3 is 5.97 Å². The van der Waals surface area contributed by atoms with Crippen molar-refractivity contribution in [2.45, 2.75) is 37.8 Å². The summed E-state index contributed by atoms with van der Waals surface area (Å²) >= 11 is 1.54. The lowest BCUT2D eigenvalue weighted by molar-refractivity contribution is -0.124. The summed E-state index contributed by atoms with van der Waals surface area (Å²) in [5.74, 6) is -1.39. The van der Waals surface area contributed by atoms with E-state index < -0.39 is 11.5 Å². The molecule has 1 aliphatic carbocycles. The molecule has 0 bridgehead atoms. The SMILES string of the molecule is O=C(Cn1cc(C(=O)O)nn1)NC1(c2nccs2)CCCC1. The molecule has 2 heterocycles. The Labute approximate surface area is 130 Å². The second kappa shape index (κ2) is 5.84. The van der Waals surface area contributed by atoms with Crippen LogP contribution < -0.4 is 5.32 Å². The van der Waals surface area contributed by atoms with E-state index in [1.807, 2.05) is 5.38 Å². The molecule has 116 valence electrons. The highest BCUT2D eigenvalue weighted by atomic mass is 32.1. The van der Waals surface area contributed by atoms with Crippen molar-refractivity contribution in [2.75, 3.05) is 0 Å². The number of thiazole rings is 1. The molecule has 1 aliphatic rings. The van der Waals surface area contributed by atoms with Crippen LogP contribution in [0.25, 0.3) is 0 Å². The number of rotatable bonds is 5. The van der Waals surface area contributed by atoms with Gasteiger partial charge < -0.3 is 10.4 Å². The van der Waals surface area contributed by atoms with Gasteiger partial charge in [-0.1, -0.05) is 18.1 Å². The molecule has 1 fully saturated rings. The molecule has 9 heteroatoms. The van der Waals surface area contributed by atoms with Crippen LogP contribution in [0.15, 0.2) is 17.8 Å². The van der Waals surface area contributed by atoms with Crippen LogP contribution in [0.3, 0.4) is 0 Å². The topological polar surface area (TPSA) is 110 Å². The molecule has 0 radical (unpaired) electrons. The quantitative estimate of drug-likeness (QED) is 0.850. The second-order valence-electron chi connectivity index (χ2n) is 5.28. The molecule has 1 saturated carbocycles. The molecular weight excluding hydrogens is 306 g/mol. The fourth-order valence-electron chi connectivity index (χ4n) is 2.76. The lowest BCUT2D eigenvalue weighted by Crippen LogP contribution is -2.45. The zero-order valence-corrected chi connectivity index (χ0v) is 12.5. The normalized spacial score (nSPS) is 16.5. The minimum Gasteiger partial charge on any atom is -0.476 e. The Morgan fingerprint density at radius 1 is 1.41 bits per heavy atom. The molecule has 3 rings (SSSR count). The zero-order chi connectivity index (χ0) is 15.6. The maximum atomic E-state index is 12.3.